The summed E-state index contributed by atoms with van der Waals surface area (Å²) >= 11 is 0. The van der Waals surface area contributed by atoms with Crippen LogP contribution in [0.2, 0.25) is 0 Å². The molecule has 2 nitrogen and oxygen atoms in total. The summed E-state index contributed by atoms with van der Waals surface area (Å²) in [5.74, 6) is 0.920. The summed E-state index contributed by atoms with van der Waals surface area (Å²) in [6.45, 7) is 2.12. The molecule has 6 N–H and O–H groups in total. The molecule has 1 fully saturated rings. The maximum Gasteiger partial charge on any atom is -0.0234 e. The summed E-state index contributed by atoms with van der Waals surface area (Å²) < 4.78 is 0. The standard InChI is InChI=1S/C9H16.2H3N/c1-2-6-9-7-4-3-5-8-9;;/h2,6,9H,3-5,7-8H2,1H3;2*1H3/b6-2+;;. The summed E-state index contributed by atoms with van der Waals surface area (Å²) in [7, 11) is 0. The molecular weight excluding hydrogens is 136 g/mol. The molecule has 0 unspecified atom stereocenters. The van der Waals surface area contributed by atoms with Crippen molar-refractivity contribution in [3.05, 3.63) is 12.2 Å². The molecule has 0 atom stereocenters. The van der Waals surface area contributed by atoms with Crippen molar-refractivity contribution in [2.75, 3.05) is 0 Å². The van der Waals surface area contributed by atoms with Gasteiger partial charge in [0.1, 0.15) is 0 Å². The van der Waals surface area contributed by atoms with Crippen LogP contribution in [-0.2, 0) is 0 Å². The molecule has 0 saturated heterocycles. The minimum Gasteiger partial charge on any atom is -0.344 e. The van der Waals surface area contributed by atoms with Crippen molar-refractivity contribution >= 4 is 0 Å². The first-order chi connectivity index (χ1) is 4.43. The van der Waals surface area contributed by atoms with Crippen LogP contribution in [0.5, 0.6) is 0 Å². The third kappa shape index (κ3) is 4.99. The zero-order valence-electron chi connectivity index (χ0n) is 7.68. The largest absolute Gasteiger partial charge is 0.344 e. The van der Waals surface area contributed by atoms with Gasteiger partial charge in [-0.2, -0.15) is 0 Å². The molecule has 2 heteroatoms. The van der Waals surface area contributed by atoms with Crippen LogP contribution in [0.4, 0.5) is 0 Å². The van der Waals surface area contributed by atoms with Gasteiger partial charge in [0.25, 0.3) is 0 Å². The summed E-state index contributed by atoms with van der Waals surface area (Å²) in [5.41, 5.74) is 0. The van der Waals surface area contributed by atoms with Crippen LogP contribution < -0.4 is 12.3 Å². The van der Waals surface area contributed by atoms with Crippen LogP contribution in [0.15, 0.2) is 12.2 Å². The highest BCUT2D eigenvalue weighted by Crippen LogP contribution is 2.24. The zero-order valence-corrected chi connectivity index (χ0v) is 7.68. The van der Waals surface area contributed by atoms with E-state index in [0.717, 1.165) is 5.92 Å². The fourth-order valence-electron chi connectivity index (χ4n) is 1.60. The van der Waals surface area contributed by atoms with E-state index in [4.69, 9.17) is 0 Å². The van der Waals surface area contributed by atoms with Gasteiger partial charge in [-0.05, 0) is 25.7 Å². The Morgan fingerprint density at radius 1 is 1.00 bits per heavy atom. The van der Waals surface area contributed by atoms with Gasteiger partial charge in [-0.1, -0.05) is 31.4 Å². The molecule has 1 aliphatic carbocycles. The van der Waals surface area contributed by atoms with Gasteiger partial charge in [-0.25, -0.2) is 0 Å². The van der Waals surface area contributed by atoms with Crippen LogP contribution in [-0.4, -0.2) is 0 Å². The normalized spacial score (nSPS) is 19.0. The molecule has 11 heavy (non-hydrogen) atoms. The quantitative estimate of drug-likeness (QED) is 0.574. The molecule has 0 spiro atoms. The van der Waals surface area contributed by atoms with Gasteiger partial charge in [0, 0.05) is 0 Å². The van der Waals surface area contributed by atoms with Crippen LogP contribution in [0.3, 0.4) is 0 Å². The zero-order chi connectivity index (χ0) is 6.53. The molecule has 1 rings (SSSR count). The van der Waals surface area contributed by atoms with Gasteiger partial charge in [-0.3, -0.25) is 0 Å². The minimum atomic E-state index is 0. The van der Waals surface area contributed by atoms with Gasteiger partial charge in [-0.15, -0.1) is 0 Å². The highest BCUT2D eigenvalue weighted by molar-refractivity contribution is 4.86. The lowest BCUT2D eigenvalue weighted by Gasteiger charge is -2.17. The number of hydrogen-bond acceptors (Lipinski definition) is 2. The topological polar surface area (TPSA) is 70.0 Å². The Labute approximate surface area is 70.2 Å². The van der Waals surface area contributed by atoms with Crippen LogP contribution in [0.25, 0.3) is 0 Å². The molecule has 0 aromatic heterocycles. The van der Waals surface area contributed by atoms with Crippen molar-refractivity contribution in [1.29, 1.82) is 0 Å². The van der Waals surface area contributed by atoms with Crippen molar-refractivity contribution in [3.63, 3.8) is 0 Å². The van der Waals surface area contributed by atoms with E-state index in [0.29, 0.717) is 0 Å². The van der Waals surface area contributed by atoms with Gasteiger partial charge >= 0.3 is 0 Å². The van der Waals surface area contributed by atoms with Crippen molar-refractivity contribution in [2.24, 2.45) is 5.92 Å². The Balaban J connectivity index is 0. The predicted octanol–water partition coefficient (Wildman–Crippen LogP) is 3.47. The van der Waals surface area contributed by atoms with E-state index >= 15 is 0 Å². The van der Waals surface area contributed by atoms with E-state index in [2.05, 4.69) is 19.1 Å². The number of hydrogen-bond donors (Lipinski definition) is 2. The van der Waals surface area contributed by atoms with Crippen molar-refractivity contribution in [1.82, 2.24) is 12.3 Å². The smallest absolute Gasteiger partial charge is 0.0234 e. The van der Waals surface area contributed by atoms with Gasteiger partial charge in [0.2, 0.25) is 0 Å². The first-order valence-electron chi connectivity index (χ1n) is 4.06. The number of allylic oxidation sites excluding steroid dienone is 2. The summed E-state index contributed by atoms with van der Waals surface area (Å²) in [6, 6.07) is 0. The Hall–Kier alpha value is -0.340. The molecule has 0 radical (unpaired) electrons. The van der Waals surface area contributed by atoms with Gasteiger partial charge < -0.3 is 12.3 Å². The second kappa shape index (κ2) is 7.76. The molecule has 0 amide bonds. The summed E-state index contributed by atoms with van der Waals surface area (Å²) in [6.07, 6.45) is 11.8. The Kier molecular flexibility index (Phi) is 9.36. The maximum atomic E-state index is 2.36. The van der Waals surface area contributed by atoms with E-state index in [1.54, 1.807) is 0 Å². The third-order valence-electron chi connectivity index (χ3n) is 2.11. The highest BCUT2D eigenvalue weighted by Gasteiger charge is 2.08. The van der Waals surface area contributed by atoms with E-state index in [9.17, 15) is 0 Å². The maximum absolute atomic E-state index is 2.36. The van der Waals surface area contributed by atoms with Crippen LogP contribution in [0, 0.1) is 5.92 Å². The van der Waals surface area contributed by atoms with E-state index < -0.39 is 0 Å². The molecule has 68 valence electrons. The number of rotatable bonds is 1. The molecule has 0 aromatic carbocycles. The monoisotopic (exact) mass is 158 g/mol. The molecule has 0 aliphatic heterocycles. The van der Waals surface area contributed by atoms with E-state index in [1.807, 2.05) is 0 Å². The molecule has 1 saturated carbocycles. The van der Waals surface area contributed by atoms with E-state index in [-0.39, 0.29) is 12.3 Å². The second-order valence-corrected chi connectivity index (χ2v) is 2.92. The molecule has 1 aliphatic rings. The van der Waals surface area contributed by atoms with Crippen molar-refractivity contribution < 1.29 is 0 Å². The van der Waals surface area contributed by atoms with Crippen LogP contribution in [0.1, 0.15) is 39.0 Å². The third-order valence-corrected chi connectivity index (χ3v) is 2.11. The lowest BCUT2D eigenvalue weighted by atomic mass is 9.89. The average molecular weight is 158 g/mol. The van der Waals surface area contributed by atoms with Crippen molar-refractivity contribution in [3.8, 4) is 0 Å². The lowest BCUT2D eigenvalue weighted by Crippen LogP contribution is -2.01. The van der Waals surface area contributed by atoms with Gasteiger partial charge in [0.15, 0.2) is 0 Å². The Morgan fingerprint density at radius 3 is 2.00 bits per heavy atom. The summed E-state index contributed by atoms with van der Waals surface area (Å²) in [5, 5.41) is 0. The van der Waals surface area contributed by atoms with Crippen molar-refractivity contribution in [2.45, 2.75) is 39.0 Å². The molecule has 0 aromatic rings. The Bertz CT molecular complexity index is 93.7. The Morgan fingerprint density at radius 2 is 1.55 bits per heavy atom. The van der Waals surface area contributed by atoms with Gasteiger partial charge in [0.05, 0.1) is 0 Å². The molecular formula is C9H22N2. The average Bonchev–Trinajstić information content (AvgIpc) is 1.91. The highest BCUT2D eigenvalue weighted by atomic mass is 14.1. The second-order valence-electron chi connectivity index (χ2n) is 2.92. The van der Waals surface area contributed by atoms with E-state index in [1.165, 1.54) is 32.1 Å². The predicted molar refractivity (Wildman–Crippen MR) is 51.4 cm³/mol. The first kappa shape index (κ1) is 13.3. The summed E-state index contributed by atoms with van der Waals surface area (Å²) in [4.78, 5) is 0. The minimum absolute atomic E-state index is 0. The lowest BCUT2D eigenvalue weighted by molar-refractivity contribution is 0.419. The molecule has 0 bridgehead atoms. The first-order valence-corrected chi connectivity index (χ1v) is 4.06. The van der Waals surface area contributed by atoms with Crippen LogP contribution >= 0.6 is 0 Å². The fourth-order valence-corrected chi connectivity index (χ4v) is 1.60. The fraction of sp³-hybridized carbons (Fsp3) is 0.778. The molecule has 0 heterocycles. The SMILES string of the molecule is C/C=C/C1CCCCC1.N.N.